The molecular weight excluding hydrogens is 778 g/mol. The molecule has 4 aromatic heterocycles. The van der Waals surface area contributed by atoms with Gasteiger partial charge in [0.1, 0.15) is 30.0 Å². The third-order valence-corrected chi connectivity index (χ3v) is 13.2. The van der Waals surface area contributed by atoms with Crippen molar-refractivity contribution in [3.05, 3.63) is 88.9 Å². The van der Waals surface area contributed by atoms with E-state index in [0.717, 1.165) is 79.3 Å². The summed E-state index contributed by atoms with van der Waals surface area (Å²) in [6.45, 7) is 11.2. The van der Waals surface area contributed by atoms with Crippen LogP contribution in [0.5, 0.6) is 0 Å². The fraction of sp³-hybridized carbons (Fsp3) is 0.422. The number of carbonyl (C=O) groups excluding carboxylic acids is 4. The van der Waals surface area contributed by atoms with Crippen LogP contribution in [-0.2, 0) is 27.3 Å². The maximum atomic E-state index is 15.2. The molecule has 3 saturated heterocycles. The van der Waals surface area contributed by atoms with Gasteiger partial charge in [-0.15, -0.1) is 0 Å². The van der Waals surface area contributed by atoms with E-state index < -0.39 is 11.9 Å². The number of pyridine rings is 3. The highest BCUT2D eigenvalue weighted by atomic mass is 19.1. The molecule has 5 aliphatic heterocycles. The van der Waals surface area contributed by atoms with Gasteiger partial charge in [0.15, 0.2) is 5.82 Å². The Labute approximate surface area is 352 Å². The fourth-order valence-electron chi connectivity index (χ4n) is 9.97. The highest BCUT2D eigenvalue weighted by Crippen LogP contribution is 2.38. The lowest BCUT2D eigenvalue weighted by Crippen LogP contribution is -2.54. The minimum Gasteiger partial charge on any atom is -0.356 e. The number of benzene rings is 1. The second-order valence-electron chi connectivity index (χ2n) is 17.3. The topological polar surface area (TPSA) is 162 Å². The number of rotatable bonds is 8. The van der Waals surface area contributed by atoms with E-state index >= 15 is 4.39 Å². The monoisotopic (exact) mass is 825 g/mol. The molecule has 61 heavy (non-hydrogen) atoms. The molecule has 5 aliphatic rings. The van der Waals surface area contributed by atoms with Crippen LogP contribution >= 0.6 is 0 Å². The minimum atomic E-state index is -0.673. The van der Waals surface area contributed by atoms with Crippen LogP contribution < -0.4 is 15.5 Å². The second-order valence-corrected chi connectivity index (χ2v) is 17.3. The van der Waals surface area contributed by atoms with Crippen molar-refractivity contribution in [1.29, 1.82) is 0 Å². The largest absolute Gasteiger partial charge is 0.356 e. The van der Waals surface area contributed by atoms with Crippen molar-refractivity contribution in [1.82, 2.24) is 44.7 Å². The van der Waals surface area contributed by atoms with Gasteiger partial charge in [-0.25, -0.2) is 14.4 Å². The predicted molar refractivity (Wildman–Crippen MR) is 225 cm³/mol. The zero-order chi connectivity index (χ0) is 42.1. The van der Waals surface area contributed by atoms with E-state index in [1.54, 1.807) is 22.0 Å². The zero-order valence-electron chi connectivity index (χ0n) is 34.5. The van der Waals surface area contributed by atoms with Crippen molar-refractivity contribution < 1.29 is 23.6 Å². The molecule has 2 N–H and O–H groups in total. The molecule has 0 saturated carbocycles. The molecule has 314 valence electrons. The van der Waals surface area contributed by atoms with Crippen LogP contribution in [0.4, 0.5) is 21.8 Å². The van der Waals surface area contributed by atoms with Crippen LogP contribution in [0.15, 0.2) is 54.9 Å². The van der Waals surface area contributed by atoms with Gasteiger partial charge in [-0.1, -0.05) is 0 Å². The van der Waals surface area contributed by atoms with E-state index in [1.807, 2.05) is 57.2 Å². The van der Waals surface area contributed by atoms with Crippen LogP contribution in [0, 0.1) is 25.6 Å². The van der Waals surface area contributed by atoms with Gasteiger partial charge >= 0.3 is 0 Å². The number of anilines is 3. The van der Waals surface area contributed by atoms with Gasteiger partial charge in [0.05, 0.1) is 17.3 Å². The number of piperidine rings is 2. The molecule has 10 rings (SSSR count). The fourth-order valence-corrected chi connectivity index (χ4v) is 9.97. The Morgan fingerprint density at radius 2 is 1.67 bits per heavy atom. The first-order chi connectivity index (χ1) is 29.4. The van der Waals surface area contributed by atoms with Crippen molar-refractivity contribution in [3.63, 3.8) is 0 Å². The van der Waals surface area contributed by atoms with Crippen LogP contribution in [0.1, 0.15) is 71.7 Å². The number of nitrogens with zero attached hydrogens (tertiary/aromatic N) is 9. The summed E-state index contributed by atoms with van der Waals surface area (Å²) in [4.78, 5) is 73.4. The number of halogens is 1. The summed E-state index contributed by atoms with van der Waals surface area (Å²) in [6, 6.07) is 12.0. The molecule has 4 amide bonds. The summed E-state index contributed by atoms with van der Waals surface area (Å²) in [6.07, 6.45) is 6.47. The molecule has 3 fully saturated rings. The number of hydrogen-bond donors (Lipinski definition) is 2. The number of hydrogen-bond acceptors (Lipinski definition) is 11. The number of aryl methyl sites for hydroxylation is 2. The Bertz CT molecular complexity index is 2620. The highest BCUT2D eigenvalue weighted by Gasteiger charge is 2.44. The van der Waals surface area contributed by atoms with E-state index in [4.69, 9.17) is 10.1 Å². The Kier molecular flexibility index (Phi) is 9.76. The summed E-state index contributed by atoms with van der Waals surface area (Å²) in [5, 5.41) is 12.0. The molecule has 15 nitrogen and oxygen atoms in total. The maximum absolute atomic E-state index is 15.2. The van der Waals surface area contributed by atoms with E-state index in [-0.39, 0.29) is 48.6 Å². The summed E-state index contributed by atoms with van der Waals surface area (Å²) >= 11 is 0. The number of nitrogens with one attached hydrogen (secondary N) is 2. The zero-order valence-corrected chi connectivity index (χ0v) is 34.5. The molecule has 0 spiro atoms. The molecular formula is C45H48FN11O4. The van der Waals surface area contributed by atoms with Crippen LogP contribution in [0.3, 0.4) is 0 Å². The van der Waals surface area contributed by atoms with E-state index in [9.17, 15) is 19.2 Å². The van der Waals surface area contributed by atoms with Gasteiger partial charge in [0.2, 0.25) is 17.7 Å². The number of fused-ring (bicyclic) bond motifs is 3. The quantitative estimate of drug-likeness (QED) is 0.209. The number of likely N-dealkylation sites (tertiary alicyclic amines) is 1. The van der Waals surface area contributed by atoms with Gasteiger partial charge in [-0.3, -0.25) is 34.2 Å². The summed E-state index contributed by atoms with van der Waals surface area (Å²) in [5.74, 6) is 1.35. The molecule has 0 bridgehead atoms. The third-order valence-electron chi connectivity index (χ3n) is 13.2. The van der Waals surface area contributed by atoms with Crippen molar-refractivity contribution in [2.75, 3.05) is 49.5 Å². The third kappa shape index (κ3) is 7.25. The lowest BCUT2D eigenvalue weighted by Gasteiger charge is -2.44. The molecule has 1 aromatic carbocycles. The van der Waals surface area contributed by atoms with E-state index in [2.05, 4.69) is 35.3 Å². The first-order valence-corrected chi connectivity index (χ1v) is 21.3. The van der Waals surface area contributed by atoms with E-state index in [0.29, 0.717) is 59.1 Å². The highest BCUT2D eigenvalue weighted by molar-refractivity contribution is 6.05. The van der Waals surface area contributed by atoms with Gasteiger partial charge in [0.25, 0.3) is 5.91 Å². The molecule has 2 unspecified atom stereocenters. The van der Waals surface area contributed by atoms with Gasteiger partial charge < -0.3 is 24.9 Å². The van der Waals surface area contributed by atoms with Crippen LogP contribution in [-0.4, -0.2) is 114 Å². The molecule has 0 aliphatic carbocycles. The summed E-state index contributed by atoms with van der Waals surface area (Å²) < 4.78 is 17.0. The van der Waals surface area contributed by atoms with Crippen molar-refractivity contribution in [2.24, 2.45) is 5.92 Å². The summed E-state index contributed by atoms with van der Waals surface area (Å²) in [7, 11) is 0. The number of amides is 4. The van der Waals surface area contributed by atoms with Gasteiger partial charge in [0, 0.05) is 110 Å². The Morgan fingerprint density at radius 3 is 2.46 bits per heavy atom. The SMILES string of the molecule is Cc1cc(C)c(-c2cc3cc(Nc4cc5n(n4)CC(=O)N(C4CCN(CC6CN(c7ccc8c(n7)C(C)N(C7CCC(=O)NC7=O)C8=O)C6)CC4)CC5)ncc3cc2F)cn1. The van der Waals surface area contributed by atoms with Gasteiger partial charge in [-0.05, 0) is 87.4 Å². The van der Waals surface area contributed by atoms with Crippen molar-refractivity contribution in [2.45, 2.75) is 77.5 Å². The molecule has 5 aromatic rings. The lowest BCUT2D eigenvalue weighted by atomic mass is 9.96. The van der Waals surface area contributed by atoms with Crippen LogP contribution in [0.2, 0.25) is 0 Å². The Balaban J connectivity index is 0.709. The standard InChI is InChI=1S/C45H48FN11O4/c1-25-14-26(2)47-20-35(25)34-15-29-17-38(48-19-30(29)16-36(34)46)49-39-18-32-10-13-55(42(59)24-56(32)52-39)31-8-11-53(12-9-31)21-28-22-54(23-28)40-6-4-33-43(50-40)27(3)57(45(33)61)37-5-7-41(58)51-44(37)60/h4,6,14-20,27-28,31,37H,5,7-13,21-24H2,1-3H3,(H,48,49,52)(H,51,58,60). The average molecular weight is 826 g/mol. The van der Waals surface area contributed by atoms with Crippen molar-refractivity contribution in [3.8, 4) is 11.1 Å². The second kappa shape index (κ2) is 15.3. The van der Waals surface area contributed by atoms with Crippen molar-refractivity contribution >= 4 is 51.9 Å². The molecule has 0 radical (unpaired) electrons. The smallest absolute Gasteiger partial charge is 0.257 e. The predicted octanol–water partition coefficient (Wildman–Crippen LogP) is 4.70. The number of aromatic nitrogens is 5. The first kappa shape index (κ1) is 38.9. The first-order valence-electron chi connectivity index (χ1n) is 21.3. The minimum absolute atomic E-state index is 0.0823. The molecule has 9 heterocycles. The molecule has 16 heteroatoms. The lowest BCUT2D eigenvalue weighted by molar-refractivity contribution is -0.137. The average Bonchev–Trinajstić information content (AvgIpc) is 3.65. The van der Waals surface area contributed by atoms with E-state index in [1.165, 1.54) is 6.07 Å². The summed E-state index contributed by atoms with van der Waals surface area (Å²) in [5.41, 5.74) is 5.28. The number of carbonyl (C=O) groups is 4. The van der Waals surface area contributed by atoms with Crippen LogP contribution in [0.25, 0.3) is 21.9 Å². The maximum Gasteiger partial charge on any atom is 0.257 e. The molecule has 2 atom stereocenters. The Hall–Kier alpha value is -6.29. The normalized spacial score (nSPS) is 21.4. The van der Waals surface area contributed by atoms with Gasteiger partial charge in [-0.2, -0.15) is 5.10 Å². The number of imide groups is 1. The Morgan fingerprint density at radius 1 is 0.852 bits per heavy atom.